The maximum atomic E-state index is 11.6. The van der Waals surface area contributed by atoms with Crippen molar-refractivity contribution in [2.75, 3.05) is 7.11 Å². The number of esters is 1. The van der Waals surface area contributed by atoms with E-state index in [-0.39, 0.29) is 0 Å². The molecule has 84 valence electrons. The molecule has 0 radical (unpaired) electrons. The van der Waals surface area contributed by atoms with Crippen LogP contribution in [0.1, 0.15) is 20.3 Å². The summed E-state index contributed by atoms with van der Waals surface area (Å²) in [6.45, 7) is 3.14. The van der Waals surface area contributed by atoms with E-state index in [0.717, 1.165) is 0 Å². The fourth-order valence-electron chi connectivity index (χ4n) is 2.43. The number of carbonyl (C=O) groups excluding carboxylic acids is 2. The molecule has 2 heterocycles. The molecule has 0 aromatic heterocycles. The van der Waals surface area contributed by atoms with E-state index < -0.39 is 28.8 Å². The molecule has 0 aromatic rings. The van der Waals surface area contributed by atoms with E-state index in [4.69, 9.17) is 4.74 Å². The Balaban J connectivity index is 2.46. The van der Waals surface area contributed by atoms with Crippen molar-refractivity contribution in [3.8, 4) is 0 Å². The van der Waals surface area contributed by atoms with Crippen molar-refractivity contribution < 1.29 is 24.2 Å². The number of amides is 1. The molecule has 0 spiro atoms. The van der Waals surface area contributed by atoms with Gasteiger partial charge in [0.2, 0.25) is 0 Å². The van der Waals surface area contributed by atoms with E-state index in [2.05, 4.69) is 10.1 Å². The predicted octanol–water partition coefficient (Wildman–Crippen LogP) is -1.08. The van der Waals surface area contributed by atoms with Gasteiger partial charge in [0.25, 0.3) is 11.5 Å². The van der Waals surface area contributed by atoms with Gasteiger partial charge in [-0.3, -0.25) is 4.79 Å². The van der Waals surface area contributed by atoms with Gasteiger partial charge in [-0.05, 0) is 13.3 Å². The van der Waals surface area contributed by atoms with Crippen molar-refractivity contribution in [1.29, 1.82) is 0 Å². The van der Waals surface area contributed by atoms with Gasteiger partial charge >= 0.3 is 5.97 Å². The number of ether oxygens (including phenoxy) is 2. The van der Waals surface area contributed by atoms with Gasteiger partial charge in [-0.2, -0.15) is 0 Å². The fourth-order valence-corrected chi connectivity index (χ4v) is 2.43. The first kappa shape index (κ1) is 10.4. The molecule has 2 N–H and O–H groups in total. The van der Waals surface area contributed by atoms with Crippen LogP contribution in [0, 0.1) is 0 Å². The van der Waals surface area contributed by atoms with E-state index in [9.17, 15) is 14.7 Å². The molecular formula is C9H13NO5. The summed E-state index contributed by atoms with van der Waals surface area (Å²) in [4.78, 5) is 23.1. The summed E-state index contributed by atoms with van der Waals surface area (Å²) in [7, 11) is 1.18. The Labute approximate surface area is 86.5 Å². The van der Waals surface area contributed by atoms with Crippen LogP contribution in [0.5, 0.6) is 0 Å². The summed E-state index contributed by atoms with van der Waals surface area (Å²) >= 11 is 0. The van der Waals surface area contributed by atoms with Gasteiger partial charge < -0.3 is 19.9 Å². The van der Waals surface area contributed by atoms with E-state index in [0.29, 0.717) is 6.42 Å². The highest BCUT2D eigenvalue weighted by Crippen LogP contribution is 2.60. The minimum Gasteiger partial charge on any atom is -0.466 e. The Morgan fingerprint density at radius 1 is 1.67 bits per heavy atom. The Bertz CT molecular complexity index is 352. The number of morpholine rings is 1. The van der Waals surface area contributed by atoms with Gasteiger partial charge in [-0.25, -0.2) is 4.79 Å². The number of fused-ring (bicyclic) bond motifs is 1. The molecule has 2 rings (SSSR count). The summed E-state index contributed by atoms with van der Waals surface area (Å²) in [5.41, 5.74) is -4.38. The quantitative estimate of drug-likeness (QED) is 0.347. The molecule has 0 saturated carbocycles. The Morgan fingerprint density at radius 2 is 2.27 bits per heavy atom. The van der Waals surface area contributed by atoms with Gasteiger partial charge in [-0.15, -0.1) is 0 Å². The molecule has 2 fully saturated rings. The van der Waals surface area contributed by atoms with Crippen LogP contribution >= 0.6 is 0 Å². The summed E-state index contributed by atoms with van der Waals surface area (Å²) in [6, 6.07) is 0. The molecule has 2 saturated heterocycles. The highest BCUT2D eigenvalue weighted by atomic mass is 16.7. The molecule has 15 heavy (non-hydrogen) atoms. The van der Waals surface area contributed by atoms with Gasteiger partial charge in [0, 0.05) is 0 Å². The molecule has 2 aliphatic heterocycles. The molecule has 1 unspecified atom stereocenters. The normalized spacial score (nSPS) is 47.1. The number of hydrogen-bond donors (Lipinski definition) is 2. The van der Waals surface area contributed by atoms with Crippen molar-refractivity contribution in [3.05, 3.63) is 0 Å². The van der Waals surface area contributed by atoms with Crippen LogP contribution in [0.2, 0.25) is 0 Å². The summed E-state index contributed by atoms with van der Waals surface area (Å²) in [5.74, 6) is -1.40. The molecule has 0 aromatic carbocycles. The standard InChI is InChI=1S/C9H13NO5/c1-4-8-7(2,13)10-5(11)9(8,15-8)6(12)14-3/h13H,4H2,1-3H3,(H,10,11)/t7?,8-,9-/m0/s1. The molecule has 3 atom stereocenters. The number of epoxide rings is 1. The Hall–Kier alpha value is -1.14. The lowest BCUT2D eigenvalue weighted by molar-refractivity contribution is -0.152. The largest absolute Gasteiger partial charge is 0.466 e. The molecule has 1 amide bonds. The minimum absolute atomic E-state index is 0.341. The van der Waals surface area contributed by atoms with E-state index in [1.165, 1.54) is 14.0 Å². The number of hydrogen-bond acceptors (Lipinski definition) is 5. The zero-order chi connectivity index (χ0) is 11.5. The second-order valence-corrected chi connectivity index (χ2v) is 3.98. The second kappa shape index (κ2) is 2.51. The van der Waals surface area contributed by atoms with Crippen LogP contribution < -0.4 is 5.32 Å². The number of carbonyl (C=O) groups is 2. The number of rotatable bonds is 2. The highest BCUT2D eigenvalue weighted by Gasteiger charge is 2.90. The average Bonchev–Trinajstić information content (AvgIpc) is 2.84. The summed E-state index contributed by atoms with van der Waals surface area (Å²) in [6.07, 6.45) is 0.341. The molecule has 6 nitrogen and oxygen atoms in total. The summed E-state index contributed by atoms with van der Waals surface area (Å²) in [5, 5.41) is 12.3. The van der Waals surface area contributed by atoms with Crippen LogP contribution in [0.15, 0.2) is 0 Å². The van der Waals surface area contributed by atoms with Crippen LogP contribution in [0.4, 0.5) is 0 Å². The van der Waals surface area contributed by atoms with Crippen molar-refractivity contribution in [1.82, 2.24) is 5.32 Å². The maximum Gasteiger partial charge on any atom is 0.351 e. The Morgan fingerprint density at radius 3 is 2.67 bits per heavy atom. The van der Waals surface area contributed by atoms with Crippen molar-refractivity contribution in [2.24, 2.45) is 0 Å². The van der Waals surface area contributed by atoms with Crippen LogP contribution in [-0.4, -0.2) is 41.0 Å². The third kappa shape index (κ3) is 0.826. The lowest BCUT2D eigenvalue weighted by Gasteiger charge is -2.25. The Kier molecular flexibility index (Phi) is 1.74. The maximum absolute atomic E-state index is 11.6. The van der Waals surface area contributed by atoms with Crippen molar-refractivity contribution in [2.45, 2.75) is 37.2 Å². The van der Waals surface area contributed by atoms with Gasteiger partial charge in [0.05, 0.1) is 7.11 Å². The van der Waals surface area contributed by atoms with Crippen molar-refractivity contribution >= 4 is 11.9 Å². The molecular weight excluding hydrogens is 202 g/mol. The van der Waals surface area contributed by atoms with Gasteiger partial charge in [-0.1, -0.05) is 6.92 Å². The topological polar surface area (TPSA) is 88.2 Å². The minimum atomic E-state index is -1.65. The van der Waals surface area contributed by atoms with Crippen molar-refractivity contribution in [3.63, 3.8) is 0 Å². The zero-order valence-corrected chi connectivity index (χ0v) is 8.79. The van der Waals surface area contributed by atoms with Gasteiger partial charge in [0.1, 0.15) is 0 Å². The number of aliphatic hydroxyl groups is 1. The number of methoxy groups -OCH3 is 1. The first-order valence-corrected chi connectivity index (χ1v) is 4.71. The monoisotopic (exact) mass is 215 g/mol. The summed E-state index contributed by atoms with van der Waals surface area (Å²) < 4.78 is 9.75. The highest BCUT2D eigenvalue weighted by molar-refractivity contribution is 6.13. The molecule has 2 aliphatic rings. The lowest BCUT2D eigenvalue weighted by atomic mass is 9.86. The average molecular weight is 215 g/mol. The third-order valence-corrected chi connectivity index (χ3v) is 3.29. The lowest BCUT2D eigenvalue weighted by Crippen LogP contribution is -2.50. The van der Waals surface area contributed by atoms with Crippen LogP contribution in [0.3, 0.4) is 0 Å². The third-order valence-electron chi connectivity index (χ3n) is 3.29. The van der Waals surface area contributed by atoms with Crippen LogP contribution in [-0.2, 0) is 19.1 Å². The smallest absolute Gasteiger partial charge is 0.351 e. The molecule has 0 aliphatic carbocycles. The first-order chi connectivity index (χ1) is 6.88. The van der Waals surface area contributed by atoms with E-state index in [1.807, 2.05) is 0 Å². The second-order valence-electron chi connectivity index (χ2n) is 3.98. The SMILES string of the molecule is CC[C@@]12O[C@]1(C(=O)OC)C(=O)NC2(C)O. The molecule has 6 heteroatoms. The van der Waals surface area contributed by atoms with E-state index in [1.54, 1.807) is 6.92 Å². The number of nitrogens with one attached hydrogen (secondary N) is 1. The van der Waals surface area contributed by atoms with Crippen LogP contribution in [0.25, 0.3) is 0 Å². The zero-order valence-electron chi connectivity index (χ0n) is 8.79. The molecule has 0 bridgehead atoms. The first-order valence-electron chi connectivity index (χ1n) is 4.71. The van der Waals surface area contributed by atoms with Gasteiger partial charge in [0.15, 0.2) is 11.3 Å². The predicted molar refractivity (Wildman–Crippen MR) is 47.6 cm³/mol. The van der Waals surface area contributed by atoms with E-state index >= 15 is 0 Å². The fraction of sp³-hybridized carbons (Fsp3) is 0.778.